The summed E-state index contributed by atoms with van der Waals surface area (Å²) in [6.07, 6.45) is -4.82. The van der Waals surface area contributed by atoms with Gasteiger partial charge < -0.3 is 10.2 Å². The second-order valence-electron chi connectivity index (χ2n) is 8.83. The van der Waals surface area contributed by atoms with E-state index in [9.17, 15) is 31.2 Å². The second-order valence-corrected chi connectivity index (χ2v) is 11.9. The van der Waals surface area contributed by atoms with Crippen molar-refractivity contribution in [3.05, 3.63) is 92.9 Å². The minimum Gasteiger partial charge on any atom is -0.355 e. The van der Waals surface area contributed by atoms with Gasteiger partial charge in [-0.15, -0.1) is 0 Å². The van der Waals surface area contributed by atoms with Crippen LogP contribution in [0.2, 0.25) is 15.1 Å². The van der Waals surface area contributed by atoms with Crippen molar-refractivity contribution >= 4 is 62.3 Å². The molecule has 0 heterocycles. The van der Waals surface area contributed by atoms with Crippen molar-refractivity contribution in [2.24, 2.45) is 0 Å². The molecule has 0 radical (unpaired) electrons. The lowest BCUT2D eigenvalue weighted by Gasteiger charge is -2.32. The normalized spacial score (nSPS) is 12.5. The van der Waals surface area contributed by atoms with Crippen molar-refractivity contribution < 1.29 is 31.2 Å². The topological polar surface area (TPSA) is 86.8 Å². The minimum absolute atomic E-state index is 0.186. The highest BCUT2D eigenvalue weighted by atomic mass is 35.5. The van der Waals surface area contributed by atoms with Crippen LogP contribution in [0, 0.1) is 0 Å². The average Bonchev–Trinajstić information content (AvgIpc) is 2.92. The Balaban J connectivity index is 2.13. The highest BCUT2D eigenvalue weighted by Gasteiger charge is 2.36. The number of anilines is 1. The quantitative estimate of drug-likeness (QED) is 0.275. The molecule has 0 saturated carbocycles. The highest BCUT2D eigenvalue weighted by Crippen LogP contribution is 2.37. The van der Waals surface area contributed by atoms with Crippen molar-refractivity contribution in [1.82, 2.24) is 10.2 Å². The number of nitrogens with zero attached hydrogens (tertiary/aromatic N) is 2. The zero-order valence-electron chi connectivity index (χ0n) is 21.8. The van der Waals surface area contributed by atoms with Gasteiger partial charge in [-0.2, -0.15) is 13.2 Å². The van der Waals surface area contributed by atoms with Gasteiger partial charge in [0.25, 0.3) is 10.0 Å². The summed E-state index contributed by atoms with van der Waals surface area (Å²) < 4.78 is 68.8. The number of carbonyl (C=O) groups is 2. The van der Waals surface area contributed by atoms with Crippen LogP contribution in [0.4, 0.5) is 18.9 Å². The summed E-state index contributed by atoms with van der Waals surface area (Å²) in [5, 5.41) is 2.71. The van der Waals surface area contributed by atoms with E-state index in [4.69, 9.17) is 34.8 Å². The summed E-state index contributed by atoms with van der Waals surface area (Å²) in [4.78, 5) is 27.4. The largest absolute Gasteiger partial charge is 0.416 e. The molecule has 0 aliphatic heterocycles. The number of hydrogen-bond acceptors (Lipinski definition) is 4. The SMILES string of the molecule is CCNC(=O)[C@H](C)N(Cc1ccc(Cl)c(Cl)c1)C(=O)CN(c1cc(C(F)(F)F)ccc1Cl)S(=O)(=O)c1ccccc1. The molecule has 41 heavy (non-hydrogen) atoms. The maximum Gasteiger partial charge on any atom is 0.416 e. The summed E-state index contributed by atoms with van der Waals surface area (Å²) >= 11 is 18.3. The van der Waals surface area contributed by atoms with Gasteiger partial charge in [0.15, 0.2) is 0 Å². The van der Waals surface area contributed by atoms with Gasteiger partial charge in [0, 0.05) is 13.1 Å². The first-order chi connectivity index (χ1) is 19.2. The smallest absolute Gasteiger partial charge is 0.355 e. The standard InChI is InChI=1S/C27H25Cl3F3N3O4S/c1-3-34-26(38)17(2)35(15-18-9-11-21(28)23(30)13-18)25(37)16-36(41(39,40)20-7-5-4-6-8-20)24-14-19(27(31,32)33)10-12-22(24)29/h4-14,17H,3,15-16H2,1-2H3,(H,34,38)/t17-/m0/s1. The van der Waals surface area contributed by atoms with Gasteiger partial charge in [0.1, 0.15) is 12.6 Å². The van der Waals surface area contributed by atoms with Gasteiger partial charge in [-0.3, -0.25) is 13.9 Å². The number of likely N-dealkylation sites (N-methyl/N-ethyl adjacent to an activating group) is 1. The molecule has 14 heteroatoms. The molecule has 3 aromatic carbocycles. The third-order valence-electron chi connectivity index (χ3n) is 6.01. The molecule has 0 fully saturated rings. The summed E-state index contributed by atoms with van der Waals surface area (Å²) in [5.41, 5.74) is -1.25. The maximum absolute atomic E-state index is 13.8. The number of sulfonamides is 1. The summed E-state index contributed by atoms with van der Waals surface area (Å²) in [5.74, 6) is -1.42. The van der Waals surface area contributed by atoms with Crippen LogP contribution in [0.1, 0.15) is 25.0 Å². The summed E-state index contributed by atoms with van der Waals surface area (Å²) in [7, 11) is -4.61. The Labute approximate surface area is 250 Å². The lowest BCUT2D eigenvalue weighted by atomic mass is 10.1. The first-order valence-electron chi connectivity index (χ1n) is 12.1. The molecule has 0 saturated heterocycles. The molecule has 0 bridgehead atoms. The number of nitrogens with one attached hydrogen (secondary N) is 1. The zero-order chi connectivity index (χ0) is 30.5. The van der Waals surface area contributed by atoms with Crippen LogP contribution in [-0.4, -0.2) is 44.3 Å². The Morgan fingerprint density at radius 1 is 0.927 bits per heavy atom. The molecule has 1 N–H and O–H groups in total. The van der Waals surface area contributed by atoms with Gasteiger partial charge in [-0.1, -0.05) is 59.1 Å². The Bertz CT molecular complexity index is 1520. The number of hydrogen-bond donors (Lipinski definition) is 1. The Morgan fingerprint density at radius 3 is 2.15 bits per heavy atom. The van der Waals surface area contributed by atoms with Crippen LogP contribution in [0.15, 0.2) is 71.6 Å². The number of alkyl halides is 3. The van der Waals surface area contributed by atoms with Crippen molar-refractivity contribution in [1.29, 1.82) is 0 Å². The third kappa shape index (κ3) is 7.85. The molecule has 1 atom stereocenters. The van der Waals surface area contributed by atoms with Gasteiger partial charge in [-0.05, 0) is 61.9 Å². The highest BCUT2D eigenvalue weighted by molar-refractivity contribution is 7.92. The summed E-state index contributed by atoms with van der Waals surface area (Å²) in [6.45, 7) is 2.21. The van der Waals surface area contributed by atoms with Gasteiger partial charge >= 0.3 is 6.18 Å². The van der Waals surface area contributed by atoms with Crippen molar-refractivity contribution in [3.8, 4) is 0 Å². The van der Waals surface area contributed by atoms with Gasteiger partial charge in [0.2, 0.25) is 11.8 Å². The zero-order valence-corrected chi connectivity index (χ0v) is 24.8. The molecule has 220 valence electrons. The first-order valence-corrected chi connectivity index (χ1v) is 14.7. The third-order valence-corrected chi connectivity index (χ3v) is 8.84. The molecule has 2 amide bonds. The average molecular weight is 651 g/mol. The van der Waals surface area contributed by atoms with E-state index < -0.39 is 51.9 Å². The van der Waals surface area contributed by atoms with E-state index in [1.165, 1.54) is 43.3 Å². The minimum atomic E-state index is -4.82. The summed E-state index contributed by atoms with van der Waals surface area (Å²) in [6, 6.07) is 12.5. The molecule has 7 nitrogen and oxygen atoms in total. The van der Waals surface area contributed by atoms with E-state index in [2.05, 4.69) is 5.32 Å². The number of benzene rings is 3. The van der Waals surface area contributed by atoms with E-state index in [0.29, 0.717) is 22.0 Å². The van der Waals surface area contributed by atoms with Crippen LogP contribution in [-0.2, 0) is 32.3 Å². The number of carbonyl (C=O) groups excluding carboxylic acids is 2. The van der Waals surface area contributed by atoms with Crippen LogP contribution >= 0.6 is 34.8 Å². The molecule has 3 rings (SSSR count). The Kier molecular flexibility index (Phi) is 10.6. The monoisotopic (exact) mass is 649 g/mol. The second kappa shape index (κ2) is 13.3. The molecule has 0 aromatic heterocycles. The maximum atomic E-state index is 13.8. The fourth-order valence-electron chi connectivity index (χ4n) is 3.85. The van der Waals surface area contributed by atoms with E-state index in [1.54, 1.807) is 19.1 Å². The molecule has 0 aliphatic carbocycles. The van der Waals surface area contributed by atoms with Gasteiger partial charge in [0.05, 0.1) is 31.2 Å². The van der Waals surface area contributed by atoms with E-state index in [1.807, 2.05) is 0 Å². The fourth-order valence-corrected chi connectivity index (χ4v) is 5.89. The van der Waals surface area contributed by atoms with Crippen LogP contribution in [0.25, 0.3) is 0 Å². The molecule has 0 unspecified atom stereocenters. The number of rotatable bonds is 10. The molecular formula is C27H25Cl3F3N3O4S. The molecule has 0 spiro atoms. The Hall–Kier alpha value is -2.99. The van der Waals surface area contributed by atoms with Crippen molar-refractivity contribution in [2.75, 3.05) is 17.4 Å². The molecular weight excluding hydrogens is 626 g/mol. The predicted octanol–water partition coefficient (Wildman–Crippen LogP) is 6.41. The number of halogens is 6. The Morgan fingerprint density at radius 2 is 1.56 bits per heavy atom. The van der Waals surface area contributed by atoms with E-state index in [-0.39, 0.29) is 33.1 Å². The van der Waals surface area contributed by atoms with Gasteiger partial charge in [-0.25, -0.2) is 8.42 Å². The first kappa shape index (κ1) is 32.5. The van der Waals surface area contributed by atoms with Crippen LogP contribution < -0.4 is 9.62 Å². The number of amides is 2. The lowest BCUT2D eigenvalue weighted by Crippen LogP contribution is -2.51. The fraction of sp³-hybridized carbons (Fsp3) is 0.259. The lowest BCUT2D eigenvalue weighted by molar-refractivity contribution is -0.139. The van der Waals surface area contributed by atoms with Crippen LogP contribution in [0.3, 0.4) is 0 Å². The van der Waals surface area contributed by atoms with E-state index >= 15 is 0 Å². The van der Waals surface area contributed by atoms with E-state index in [0.717, 1.165) is 11.0 Å². The van der Waals surface area contributed by atoms with Crippen molar-refractivity contribution in [2.45, 2.75) is 37.5 Å². The van der Waals surface area contributed by atoms with Crippen molar-refractivity contribution in [3.63, 3.8) is 0 Å². The molecule has 3 aromatic rings. The predicted molar refractivity (Wildman–Crippen MR) is 153 cm³/mol. The molecule has 0 aliphatic rings. The van der Waals surface area contributed by atoms with Crippen LogP contribution in [0.5, 0.6) is 0 Å².